The van der Waals surface area contributed by atoms with Crippen molar-refractivity contribution >= 4 is 11.6 Å². The molecule has 1 aromatic carbocycles. The molecular weight excluding hydrogens is 244 g/mol. The Kier molecular flexibility index (Phi) is 6.89. The van der Waals surface area contributed by atoms with Crippen LogP contribution in [0.1, 0.15) is 51.0 Å². The number of ether oxygens (including phenoxy) is 1. The molecule has 0 bridgehead atoms. The zero-order valence-corrected chi connectivity index (χ0v) is 12.3. The van der Waals surface area contributed by atoms with Crippen LogP contribution in [-0.4, -0.2) is 7.11 Å². The van der Waals surface area contributed by atoms with E-state index in [2.05, 4.69) is 26.0 Å². The Balaban J connectivity index is 2.95. The van der Waals surface area contributed by atoms with Crippen LogP contribution in [0.3, 0.4) is 0 Å². The molecule has 0 aliphatic rings. The smallest absolute Gasteiger partial charge is 0.122 e. The van der Waals surface area contributed by atoms with Crippen LogP contribution >= 0.6 is 11.6 Å². The van der Waals surface area contributed by atoms with Gasteiger partial charge in [0.2, 0.25) is 0 Å². The molecule has 0 fully saturated rings. The van der Waals surface area contributed by atoms with Gasteiger partial charge in [0.05, 0.1) is 7.11 Å². The summed E-state index contributed by atoms with van der Waals surface area (Å²) >= 11 is 6.11. The molecule has 1 rings (SSSR count). The van der Waals surface area contributed by atoms with Crippen molar-refractivity contribution in [3.63, 3.8) is 0 Å². The summed E-state index contributed by atoms with van der Waals surface area (Å²) in [6, 6.07) is 5.89. The van der Waals surface area contributed by atoms with Crippen LogP contribution < -0.4 is 4.74 Å². The van der Waals surface area contributed by atoms with Gasteiger partial charge in [-0.3, -0.25) is 0 Å². The van der Waals surface area contributed by atoms with Gasteiger partial charge in [-0.15, -0.1) is 0 Å². The van der Waals surface area contributed by atoms with E-state index in [0.29, 0.717) is 5.92 Å². The van der Waals surface area contributed by atoms with E-state index < -0.39 is 0 Å². The SMILES string of the molecule is CC/C=C\CC(CCC)c1cc(Cl)ccc1OC. The lowest BCUT2D eigenvalue weighted by molar-refractivity contribution is 0.403. The molecule has 1 aromatic rings. The number of halogens is 1. The van der Waals surface area contributed by atoms with E-state index in [9.17, 15) is 0 Å². The summed E-state index contributed by atoms with van der Waals surface area (Å²) in [6.45, 7) is 4.37. The Labute approximate surface area is 116 Å². The van der Waals surface area contributed by atoms with Gasteiger partial charge < -0.3 is 4.74 Å². The topological polar surface area (TPSA) is 9.23 Å². The van der Waals surface area contributed by atoms with Gasteiger partial charge in [0, 0.05) is 5.02 Å². The van der Waals surface area contributed by atoms with Gasteiger partial charge in [0.1, 0.15) is 5.75 Å². The van der Waals surface area contributed by atoms with Crippen LogP contribution in [0.15, 0.2) is 30.4 Å². The highest BCUT2D eigenvalue weighted by molar-refractivity contribution is 6.30. The van der Waals surface area contributed by atoms with E-state index in [4.69, 9.17) is 16.3 Å². The lowest BCUT2D eigenvalue weighted by Crippen LogP contribution is -2.01. The number of rotatable bonds is 7. The molecule has 0 amide bonds. The van der Waals surface area contributed by atoms with Gasteiger partial charge in [0.15, 0.2) is 0 Å². The summed E-state index contributed by atoms with van der Waals surface area (Å²) in [5.41, 5.74) is 1.23. The van der Waals surface area contributed by atoms with Crippen molar-refractivity contribution < 1.29 is 4.74 Å². The summed E-state index contributed by atoms with van der Waals surface area (Å²) in [5.74, 6) is 1.44. The third-order valence-corrected chi connectivity index (χ3v) is 3.33. The monoisotopic (exact) mass is 266 g/mol. The molecule has 0 spiro atoms. The Hall–Kier alpha value is -0.950. The van der Waals surface area contributed by atoms with Crippen LogP contribution in [-0.2, 0) is 0 Å². The predicted molar refractivity (Wildman–Crippen MR) is 79.7 cm³/mol. The van der Waals surface area contributed by atoms with Crippen molar-refractivity contribution in [2.24, 2.45) is 0 Å². The molecule has 100 valence electrons. The molecule has 0 aliphatic carbocycles. The molecule has 2 heteroatoms. The van der Waals surface area contributed by atoms with Crippen molar-refractivity contribution in [3.8, 4) is 5.75 Å². The van der Waals surface area contributed by atoms with Crippen LogP contribution in [0.4, 0.5) is 0 Å². The maximum Gasteiger partial charge on any atom is 0.122 e. The number of allylic oxidation sites excluding steroid dienone is 2. The standard InChI is InChI=1S/C16H23ClO/c1-4-6-7-9-13(8-5-2)15-12-14(17)10-11-16(15)18-3/h6-7,10-13H,4-5,8-9H2,1-3H3/b7-6-. The Bertz CT molecular complexity index is 385. The first-order valence-electron chi connectivity index (χ1n) is 6.71. The van der Waals surface area contributed by atoms with Gasteiger partial charge in [-0.05, 0) is 48.9 Å². The maximum absolute atomic E-state index is 6.11. The van der Waals surface area contributed by atoms with Crippen LogP contribution in [0.5, 0.6) is 5.75 Å². The summed E-state index contributed by atoms with van der Waals surface area (Å²) in [6.07, 6.45) is 8.95. The van der Waals surface area contributed by atoms with E-state index in [1.54, 1.807) is 7.11 Å². The molecule has 0 aliphatic heterocycles. The van der Waals surface area contributed by atoms with Crippen LogP contribution in [0.25, 0.3) is 0 Å². The lowest BCUT2D eigenvalue weighted by Gasteiger charge is -2.18. The third kappa shape index (κ3) is 4.38. The van der Waals surface area contributed by atoms with E-state index in [-0.39, 0.29) is 0 Å². The number of benzene rings is 1. The molecule has 1 unspecified atom stereocenters. The minimum Gasteiger partial charge on any atom is -0.496 e. The average Bonchev–Trinajstić information content (AvgIpc) is 2.38. The fourth-order valence-electron chi connectivity index (χ4n) is 2.20. The Morgan fingerprint density at radius 2 is 2.06 bits per heavy atom. The van der Waals surface area contributed by atoms with Gasteiger partial charge in [-0.25, -0.2) is 0 Å². The highest BCUT2D eigenvalue weighted by atomic mass is 35.5. The second-order valence-corrected chi connectivity index (χ2v) is 4.92. The zero-order chi connectivity index (χ0) is 13.4. The van der Waals surface area contributed by atoms with E-state index in [1.807, 2.05) is 18.2 Å². The van der Waals surface area contributed by atoms with E-state index >= 15 is 0 Å². The van der Waals surface area contributed by atoms with Gasteiger partial charge >= 0.3 is 0 Å². The predicted octanol–water partition coefficient (Wildman–Crippen LogP) is 5.59. The second-order valence-electron chi connectivity index (χ2n) is 4.49. The quantitative estimate of drug-likeness (QED) is 0.585. The minimum absolute atomic E-state index is 0.492. The molecule has 1 atom stereocenters. The minimum atomic E-state index is 0.492. The molecular formula is C16H23ClO. The Morgan fingerprint density at radius 1 is 1.28 bits per heavy atom. The lowest BCUT2D eigenvalue weighted by atomic mass is 9.90. The second kappa shape index (κ2) is 8.20. The molecule has 18 heavy (non-hydrogen) atoms. The van der Waals surface area contributed by atoms with Gasteiger partial charge in [-0.2, -0.15) is 0 Å². The molecule has 1 nitrogen and oxygen atoms in total. The largest absolute Gasteiger partial charge is 0.496 e. The molecule has 0 aromatic heterocycles. The average molecular weight is 267 g/mol. The first kappa shape index (κ1) is 15.1. The highest BCUT2D eigenvalue weighted by Crippen LogP contribution is 2.34. The van der Waals surface area contributed by atoms with Crippen LogP contribution in [0.2, 0.25) is 5.02 Å². The van der Waals surface area contributed by atoms with E-state index in [0.717, 1.165) is 30.0 Å². The summed E-state index contributed by atoms with van der Waals surface area (Å²) < 4.78 is 5.45. The van der Waals surface area contributed by atoms with Gasteiger partial charge in [0.25, 0.3) is 0 Å². The first-order chi connectivity index (χ1) is 8.72. The van der Waals surface area contributed by atoms with Crippen LogP contribution in [0, 0.1) is 0 Å². The van der Waals surface area contributed by atoms with Crippen molar-refractivity contribution in [2.45, 2.75) is 45.4 Å². The third-order valence-electron chi connectivity index (χ3n) is 3.09. The molecule has 0 heterocycles. The molecule has 0 radical (unpaired) electrons. The Morgan fingerprint density at radius 3 is 2.67 bits per heavy atom. The van der Waals surface area contributed by atoms with Crippen molar-refractivity contribution in [3.05, 3.63) is 40.9 Å². The molecule has 0 saturated heterocycles. The highest BCUT2D eigenvalue weighted by Gasteiger charge is 2.14. The number of hydrogen-bond donors (Lipinski definition) is 0. The number of hydrogen-bond acceptors (Lipinski definition) is 1. The van der Waals surface area contributed by atoms with Crippen molar-refractivity contribution in [2.75, 3.05) is 7.11 Å². The molecule has 0 N–H and O–H groups in total. The maximum atomic E-state index is 6.11. The summed E-state index contributed by atoms with van der Waals surface area (Å²) in [7, 11) is 1.72. The normalized spacial score (nSPS) is 12.9. The zero-order valence-electron chi connectivity index (χ0n) is 11.6. The first-order valence-corrected chi connectivity index (χ1v) is 7.09. The van der Waals surface area contributed by atoms with Gasteiger partial charge in [-0.1, -0.05) is 44.0 Å². The fraction of sp³-hybridized carbons (Fsp3) is 0.500. The van der Waals surface area contributed by atoms with Crippen molar-refractivity contribution in [1.82, 2.24) is 0 Å². The van der Waals surface area contributed by atoms with E-state index in [1.165, 1.54) is 12.0 Å². The summed E-state index contributed by atoms with van der Waals surface area (Å²) in [5, 5.41) is 0.784. The fourth-order valence-corrected chi connectivity index (χ4v) is 2.38. The number of methoxy groups -OCH3 is 1. The van der Waals surface area contributed by atoms with Crippen molar-refractivity contribution in [1.29, 1.82) is 0 Å². The summed E-state index contributed by atoms with van der Waals surface area (Å²) in [4.78, 5) is 0. The molecule has 0 saturated carbocycles.